The number of hydrogen-bond donors (Lipinski definition) is 2. The van der Waals surface area contributed by atoms with Crippen LogP contribution in [0.25, 0.3) is 0 Å². The summed E-state index contributed by atoms with van der Waals surface area (Å²) in [6, 6.07) is -0.0800. The van der Waals surface area contributed by atoms with Gasteiger partial charge >= 0.3 is 5.97 Å². The summed E-state index contributed by atoms with van der Waals surface area (Å²) in [4.78, 5) is 10.3. The van der Waals surface area contributed by atoms with Crippen LogP contribution in [0.1, 0.15) is 27.2 Å². The number of hydrogen-bond acceptors (Lipinski definition) is 2. The number of carbonyl (C=O) groups is 1. The number of carboxylic acids is 1. The molecule has 3 N–H and O–H groups in total. The molecule has 0 aromatic heterocycles. The van der Waals surface area contributed by atoms with Crippen LogP contribution in [0.4, 0.5) is 0 Å². The highest BCUT2D eigenvalue weighted by molar-refractivity contribution is 5.85. The molecule has 0 fully saturated rings. The Labute approximate surface area is 73.4 Å². The first-order valence-electron chi connectivity index (χ1n) is 3.33. The van der Waals surface area contributed by atoms with Crippen molar-refractivity contribution in [3.8, 4) is 0 Å². The third kappa shape index (κ3) is 5.04. The fraction of sp³-hybridized carbons (Fsp3) is 0.857. The fourth-order valence-corrected chi connectivity index (χ4v) is 0.551. The first kappa shape index (κ1) is 13.3. The Hall–Kier alpha value is -0.280. The normalized spacial score (nSPS) is 13.5. The maximum absolute atomic E-state index is 10.3. The molecule has 1 atom stereocenters. The molecule has 0 aliphatic heterocycles. The van der Waals surface area contributed by atoms with E-state index in [1.165, 1.54) is 0 Å². The lowest BCUT2D eigenvalue weighted by Gasteiger charge is -2.26. The van der Waals surface area contributed by atoms with Crippen molar-refractivity contribution in [3.63, 3.8) is 0 Å². The van der Waals surface area contributed by atoms with Crippen LogP contribution in [0.15, 0.2) is 0 Å². The molecule has 0 aliphatic rings. The van der Waals surface area contributed by atoms with Crippen molar-refractivity contribution in [1.82, 2.24) is 0 Å². The number of nitrogens with two attached hydrogens (primary N) is 1. The molecule has 1 unspecified atom stereocenters. The van der Waals surface area contributed by atoms with Crippen LogP contribution in [-0.4, -0.2) is 17.1 Å². The van der Waals surface area contributed by atoms with Crippen LogP contribution < -0.4 is 5.73 Å². The average Bonchev–Trinajstić information content (AvgIpc) is 1.60. The van der Waals surface area contributed by atoms with Gasteiger partial charge in [-0.25, -0.2) is 0 Å². The molecule has 3 nitrogen and oxygen atoms in total. The van der Waals surface area contributed by atoms with E-state index in [-0.39, 0.29) is 30.3 Å². The Balaban J connectivity index is 0. The van der Waals surface area contributed by atoms with Crippen molar-refractivity contribution in [3.05, 3.63) is 0 Å². The van der Waals surface area contributed by atoms with Crippen LogP contribution in [-0.2, 0) is 4.79 Å². The average molecular weight is 182 g/mol. The monoisotopic (exact) mass is 181 g/mol. The topological polar surface area (TPSA) is 63.3 Å². The standard InChI is InChI=1S/C7H15NO2.ClH/c1-5(8)7(2,3)4-6(9)10;/h5H,4,8H2,1-3H3,(H,9,10);1H. The van der Waals surface area contributed by atoms with Crippen LogP contribution in [0.5, 0.6) is 0 Å². The quantitative estimate of drug-likeness (QED) is 0.689. The Morgan fingerprint density at radius 3 is 2.09 bits per heavy atom. The van der Waals surface area contributed by atoms with Gasteiger partial charge in [0.15, 0.2) is 0 Å². The van der Waals surface area contributed by atoms with Gasteiger partial charge in [0, 0.05) is 6.04 Å². The zero-order valence-electron chi connectivity index (χ0n) is 7.13. The van der Waals surface area contributed by atoms with Gasteiger partial charge in [-0.2, -0.15) is 0 Å². The van der Waals surface area contributed by atoms with Gasteiger partial charge in [-0.05, 0) is 12.3 Å². The van der Waals surface area contributed by atoms with E-state index < -0.39 is 5.97 Å². The van der Waals surface area contributed by atoms with Crippen molar-refractivity contribution in [2.75, 3.05) is 0 Å². The van der Waals surface area contributed by atoms with Crippen molar-refractivity contribution in [1.29, 1.82) is 0 Å². The molecule has 0 heterocycles. The summed E-state index contributed by atoms with van der Waals surface area (Å²) in [6.07, 6.45) is 0.130. The molecule has 0 saturated heterocycles. The molecule has 4 heteroatoms. The number of rotatable bonds is 3. The molecule has 0 radical (unpaired) electrons. The molecule has 0 rings (SSSR count). The number of aliphatic carboxylic acids is 1. The second-order valence-electron chi connectivity index (χ2n) is 3.35. The van der Waals surface area contributed by atoms with Gasteiger partial charge in [-0.15, -0.1) is 12.4 Å². The van der Waals surface area contributed by atoms with Crippen LogP contribution >= 0.6 is 12.4 Å². The van der Waals surface area contributed by atoms with E-state index in [4.69, 9.17) is 10.8 Å². The lowest BCUT2D eigenvalue weighted by atomic mass is 9.83. The van der Waals surface area contributed by atoms with Gasteiger partial charge in [0.25, 0.3) is 0 Å². The summed E-state index contributed by atoms with van der Waals surface area (Å²) in [5.74, 6) is -0.790. The van der Waals surface area contributed by atoms with Gasteiger partial charge in [-0.3, -0.25) is 4.79 Å². The van der Waals surface area contributed by atoms with Gasteiger partial charge in [-0.1, -0.05) is 13.8 Å². The molecule has 0 amide bonds. The summed E-state index contributed by atoms with van der Waals surface area (Å²) in [5, 5.41) is 8.44. The van der Waals surface area contributed by atoms with E-state index in [2.05, 4.69) is 0 Å². The Bertz CT molecular complexity index is 134. The molecule has 11 heavy (non-hydrogen) atoms. The van der Waals surface area contributed by atoms with E-state index in [0.29, 0.717) is 0 Å². The first-order valence-corrected chi connectivity index (χ1v) is 3.33. The largest absolute Gasteiger partial charge is 0.481 e. The lowest BCUT2D eigenvalue weighted by molar-refractivity contribution is -0.139. The third-order valence-corrected chi connectivity index (χ3v) is 1.84. The van der Waals surface area contributed by atoms with Gasteiger partial charge in [0.2, 0.25) is 0 Å². The van der Waals surface area contributed by atoms with E-state index in [0.717, 1.165) is 0 Å². The smallest absolute Gasteiger partial charge is 0.303 e. The summed E-state index contributed by atoms with van der Waals surface area (Å²) >= 11 is 0. The summed E-state index contributed by atoms with van der Waals surface area (Å²) < 4.78 is 0. The maximum atomic E-state index is 10.3. The molecule has 0 saturated carbocycles. The highest BCUT2D eigenvalue weighted by Crippen LogP contribution is 2.22. The second kappa shape index (κ2) is 4.57. The summed E-state index contributed by atoms with van der Waals surface area (Å²) in [7, 11) is 0. The van der Waals surface area contributed by atoms with Crippen molar-refractivity contribution in [2.24, 2.45) is 11.1 Å². The predicted molar refractivity (Wildman–Crippen MR) is 46.9 cm³/mol. The highest BCUT2D eigenvalue weighted by atomic mass is 35.5. The van der Waals surface area contributed by atoms with E-state index in [1.807, 2.05) is 20.8 Å². The predicted octanol–water partition coefficient (Wildman–Crippen LogP) is 1.26. The van der Waals surface area contributed by atoms with E-state index in [1.54, 1.807) is 0 Å². The van der Waals surface area contributed by atoms with Gasteiger partial charge < -0.3 is 10.8 Å². The van der Waals surface area contributed by atoms with Crippen LogP contribution in [0, 0.1) is 5.41 Å². The molecule has 0 aromatic carbocycles. The van der Waals surface area contributed by atoms with Crippen molar-refractivity contribution >= 4 is 18.4 Å². The highest BCUT2D eigenvalue weighted by Gasteiger charge is 2.25. The molecule has 0 spiro atoms. The lowest BCUT2D eigenvalue weighted by Crippen LogP contribution is -2.36. The Morgan fingerprint density at radius 2 is 2.00 bits per heavy atom. The molecule has 0 bridgehead atoms. The number of halogens is 1. The maximum Gasteiger partial charge on any atom is 0.303 e. The van der Waals surface area contributed by atoms with E-state index in [9.17, 15) is 4.79 Å². The Morgan fingerprint density at radius 1 is 1.64 bits per heavy atom. The minimum Gasteiger partial charge on any atom is -0.481 e. The van der Waals surface area contributed by atoms with Crippen LogP contribution in [0.3, 0.4) is 0 Å². The zero-order chi connectivity index (χ0) is 8.36. The number of carboxylic acid groups (broad SMARTS) is 1. The van der Waals surface area contributed by atoms with Crippen molar-refractivity contribution < 1.29 is 9.90 Å². The van der Waals surface area contributed by atoms with Crippen LogP contribution in [0.2, 0.25) is 0 Å². The van der Waals surface area contributed by atoms with Gasteiger partial charge in [0.1, 0.15) is 0 Å². The molecular formula is C7H16ClNO2. The van der Waals surface area contributed by atoms with E-state index >= 15 is 0 Å². The first-order chi connectivity index (χ1) is 4.36. The third-order valence-electron chi connectivity index (χ3n) is 1.84. The summed E-state index contributed by atoms with van der Waals surface area (Å²) in [6.45, 7) is 5.53. The molecular weight excluding hydrogens is 166 g/mol. The molecule has 68 valence electrons. The molecule has 0 aromatic rings. The second-order valence-corrected chi connectivity index (χ2v) is 3.35. The Kier molecular flexibility index (Phi) is 5.53. The summed E-state index contributed by atoms with van der Waals surface area (Å²) in [5.41, 5.74) is 5.26. The van der Waals surface area contributed by atoms with Gasteiger partial charge in [0.05, 0.1) is 6.42 Å². The SMILES string of the molecule is CC(N)C(C)(C)CC(=O)O.Cl. The fourth-order valence-electron chi connectivity index (χ4n) is 0.551. The minimum absolute atomic E-state index is 0. The molecule has 0 aliphatic carbocycles. The minimum atomic E-state index is -0.790. The van der Waals surface area contributed by atoms with Crippen molar-refractivity contribution in [2.45, 2.75) is 33.2 Å². The zero-order valence-corrected chi connectivity index (χ0v) is 7.94.